The first-order valence-electron chi connectivity index (χ1n) is 8.05. The molecule has 26 heavy (non-hydrogen) atoms. The summed E-state index contributed by atoms with van der Waals surface area (Å²) in [5.41, 5.74) is 4.49. The van der Waals surface area contributed by atoms with Crippen molar-refractivity contribution >= 4 is 29.0 Å². The molecule has 0 aliphatic carbocycles. The molecule has 1 N–H and O–H groups in total. The Kier molecular flexibility index (Phi) is 5.08. The molecule has 0 saturated heterocycles. The van der Waals surface area contributed by atoms with Crippen molar-refractivity contribution < 1.29 is 14.3 Å². The molecule has 0 fully saturated rings. The summed E-state index contributed by atoms with van der Waals surface area (Å²) in [5, 5.41) is 5.00. The lowest BCUT2D eigenvalue weighted by atomic mass is 10.1. The number of carbonyl (C=O) groups is 1. The number of amides is 1. The van der Waals surface area contributed by atoms with Gasteiger partial charge < -0.3 is 14.8 Å². The first kappa shape index (κ1) is 16.9. The van der Waals surface area contributed by atoms with Crippen molar-refractivity contribution in [2.24, 2.45) is 0 Å². The SMILES string of the molecule is O=C(NCc1ccc2c(c1)OCO2)c1ccccc1SCc1cscn1. The summed E-state index contributed by atoms with van der Waals surface area (Å²) in [6, 6.07) is 13.3. The van der Waals surface area contributed by atoms with Gasteiger partial charge in [-0.1, -0.05) is 18.2 Å². The first-order valence-corrected chi connectivity index (χ1v) is 9.98. The number of thiazole rings is 1. The van der Waals surface area contributed by atoms with Gasteiger partial charge in [0.15, 0.2) is 11.5 Å². The summed E-state index contributed by atoms with van der Waals surface area (Å²) < 4.78 is 10.7. The Labute approximate surface area is 159 Å². The largest absolute Gasteiger partial charge is 0.454 e. The van der Waals surface area contributed by atoms with Crippen LogP contribution in [0.15, 0.2) is 58.3 Å². The number of fused-ring (bicyclic) bond motifs is 1. The van der Waals surface area contributed by atoms with E-state index in [0.29, 0.717) is 12.1 Å². The smallest absolute Gasteiger partial charge is 0.252 e. The van der Waals surface area contributed by atoms with Gasteiger partial charge in [0.05, 0.1) is 16.8 Å². The highest BCUT2D eigenvalue weighted by Gasteiger charge is 2.15. The third-order valence-electron chi connectivity index (χ3n) is 3.88. The number of aromatic nitrogens is 1. The molecule has 132 valence electrons. The lowest BCUT2D eigenvalue weighted by Gasteiger charge is -2.10. The summed E-state index contributed by atoms with van der Waals surface area (Å²) in [5.74, 6) is 2.11. The molecular formula is C19H16N2O3S2. The van der Waals surface area contributed by atoms with Crippen molar-refractivity contribution in [1.82, 2.24) is 10.3 Å². The van der Waals surface area contributed by atoms with Gasteiger partial charge in [0.2, 0.25) is 6.79 Å². The molecule has 2 heterocycles. The predicted octanol–water partition coefficient (Wildman–Crippen LogP) is 4.09. The number of hydrogen-bond acceptors (Lipinski definition) is 6. The molecule has 0 bridgehead atoms. The van der Waals surface area contributed by atoms with E-state index >= 15 is 0 Å². The van der Waals surface area contributed by atoms with E-state index < -0.39 is 0 Å². The molecule has 1 amide bonds. The van der Waals surface area contributed by atoms with Crippen LogP contribution in [0, 0.1) is 0 Å². The summed E-state index contributed by atoms with van der Waals surface area (Å²) in [7, 11) is 0. The third-order valence-corrected chi connectivity index (χ3v) is 5.62. The van der Waals surface area contributed by atoms with Gasteiger partial charge in [-0.25, -0.2) is 4.98 Å². The minimum atomic E-state index is -0.0935. The molecule has 1 aliphatic heterocycles. The molecule has 5 nitrogen and oxygen atoms in total. The monoisotopic (exact) mass is 384 g/mol. The fraction of sp³-hybridized carbons (Fsp3) is 0.158. The van der Waals surface area contributed by atoms with Crippen LogP contribution in [0.4, 0.5) is 0 Å². The Bertz CT molecular complexity index is 913. The number of carbonyl (C=O) groups excluding carboxylic acids is 1. The van der Waals surface area contributed by atoms with Crippen LogP contribution in [0.3, 0.4) is 0 Å². The zero-order valence-corrected chi connectivity index (χ0v) is 15.4. The normalized spacial score (nSPS) is 12.2. The van der Waals surface area contributed by atoms with Gasteiger partial charge in [-0.2, -0.15) is 0 Å². The average Bonchev–Trinajstić information content (AvgIpc) is 3.35. The van der Waals surface area contributed by atoms with E-state index in [4.69, 9.17) is 9.47 Å². The number of thioether (sulfide) groups is 1. The number of ether oxygens (including phenoxy) is 2. The fourth-order valence-corrected chi connectivity index (χ4v) is 4.19. The summed E-state index contributed by atoms with van der Waals surface area (Å²) in [4.78, 5) is 17.9. The van der Waals surface area contributed by atoms with Crippen LogP contribution < -0.4 is 14.8 Å². The van der Waals surface area contributed by atoms with E-state index in [-0.39, 0.29) is 12.7 Å². The second-order valence-corrected chi connectivity index (χ2v) is 7.37. The Morgan fingerprint density at radius 3 is 2.96 bits per heavy atom. The van der Waals surface area contributed by atoms with Gasteiger partial charge in [-0.05, 0) is 29.8 Å². The van der Waals surface area contributed by atoms with Crippen LogP contribution in [0.5, 0.6) is 11.5 Å². The summed E-state index contributed by atoms with van der Waals surface area (Å²) in [6.07, 6.45) is 0. The predicted molar refractivity (Wildman–Crippen MR) is 102 cm³/mol. The Balaban J connectivity index is 1.41. The maximum Gasteiger partial charge on any atom is 0.252 e. The standard InChI is InChI=1S/C19H16N2O3S2/c22-19(20-8-13-5-6-16-17(7-13)24-12-23-16)15-3-1-2-4-18(15)26-10-14-9-25-11-21-14/h1-7,9,11H,8,10,12H2,(H,20,22). The van der Waals surface area contributed by atoms with Crippen LogP contribution in [0.1, 0.15) is 21.6 Å². The molecule has 0 saturated carbocycles. The minimum Gasteiger partial charge on any atom is -0.454 e. The number of nitrogens with zero attached hydrogens (tertiary/aromatic N) is 1. The molecule has 3 aromatic rings. The molecule has 0 atom stereocenters. The molecule has 1 aromatic heterocycles. The highest BCUT2D eigenvalue weighted by atomic mass is 32.2. The zero-order chi connectivity index (χ0) is 17.8. The fourth-order valence-electron chi connectivity index (χ4n) is 2.57. The number of hydrogen-bond donors (Lipinski definition) is 1. The Morgan fingerprint density at radius 1 is 1.19 bits per heavy atom. The average molecular weight is 384 g/mol. The van der Waals surface area contributed by atoms with Gasteiger partial charge in [0.1, 0.15) is 0 Å². The van der Waals surface area contributed by atoms with E-state index in [1.807, 2.05) is 53.4 Å². The van der Waals surface area contributed by atoms with E-state index in [2.05, 4.69) is 10.3 Å². The zero-order valence-electron chi connectivity index (χ0n) is 13.8. The third kappa shape index (κ3) is 3.84. The van der Waals surface area contributed by atoms with Crippen LogP contribution in [0.2, 0.25) is 0 Å². The minimum absolute atomic E-state index is 0.0935. The summed E-state index contributed by atoms with van der Waals surface area (Å²) >= 11 is 3.19. The van der Waals surface area contributed by atoms with E-state index in [1.165, 1.54) is 0 Å². The van der Waals surface area contributed by atoms with Gasteiger partial charge in [0, 0.05) is 22.6 Å². The molecule has 0 radical (unpaired) electrons. The number of nitrogens with one attached hydrogen (secondary N) is 1. The van der Waals surface area contributed by atoms with Crippen molar-refractivity contribution in [2.45, 2.75) is 17.2 Å². The number of rotatable bonds is 6. The van der Waals surface area contributed by atoms with Crippen molar-refractivity contribution in [3.05, 3.63) is 70.2 Å². The lowest BCUT2D eigenvalue weighted by molar-refractivity contribution is 0.0948. The molecule has 4 rings (SSSR count). The Hall–Kier alpha value is -2.51. The maximum atomic E-state index is 12.6. The summed E-state index contributed by atoms with van der Waals surface area (Å²) in [6.45, 7) is 0.676. The van der Waals surface area contributed by atoms with Crippen molar-refractivity contribution in [3.8, 4) is 11.5 Å². The molecule has 7 heteroatoms. The van der Waals surface area contributed by atoms with Crippen LogP contribution in [-0.2, 0) is 12.3 Å². The van der Waals surface area contributed by atoms with Crippen LogP contribution in [0.25, 0.3) is 0 Å². The molecule has 0 unspecified atom stereocenters. The van der Waals surface area contributed by atoms with Gasteiger partial charge in [-0.15, -0.1) is 23.1 Å². The molecule has 0 spiro atoms. The van der Waals surface area contributed by atoms with Crippen molar-refractivity contribution in [2.75, 3.05) is 6.79 Å². The molecular weight excluding hydrogens is 368 g/mol. The van der Waals surface area contributed by atoms with Gasteiger partial charge >= 0.3 is 0 Å². The second-order valence-electron chi connectivity index (χ2n) is 5.63. The molecule has 2 aromatic carbocycles. The first-order chi connectivity index (χ1) is 12.8. The highest BCUT2D eigenvalue weighted by molar-refractivity contribution is 7.98. The van der Waals surface area contributed by atoms with Crippen LogP contribution >= 0.6 is 23.1 Å². The van der Waals surface area contributed by atoms with E-state index in [1.54, 1.807) is 23.1 Å². The number of benzene rings is 2. The maximum absolute atomic E-state index is 12.6. The van der Waals surface area contributed by atoms with Gasteiger partial charge in [-0.3, -0.25) is 4.79 Å². The van der Waals surface area contributed by atoms with Crippen LogP contribution in [-0.4, -0.2) is 17.7 Å². The lowest BCUT2D eigenvalue weighted by Crippen LogP contribution is -2.23. The topological polar surface area (TPSA) is 60.5 Å². The van der Waals surface area contributed by atoms with Crippen molar-refractivity contribution in [3.63, 3.8) is 0 Å². The van der Waals surface area contributed by atoms with E-state index in [9.17, 15) is 4.79 Å². The van der Waals surface area contributed by atoms with Gasteiger partial charge in [0.25, 0.3) is 5.91 Å². The Morgan fingerprint density at radius 2 is 2.08 bits per heavy atom. The second kappa shape index (κ2) is 7.80. The van der Waals surface area contributed by atoms with E-state index in [0.717, 1.165) is 33.4 Å². The quantitative estimate of drug-likeness (QED) is 0.649. The highest BCUT2D eigenvalue weighted by Crippen LogP contribution is 2.32. The molecule has 1 aliphatic rings. The van der Waals surface area contributed by atoms with Crippen molar-refractivity contribution in [1.29, 1.82) is 0 Å².